The Kier molecular flexibility index (Phi) is 5.73. The second-order valence-electron chi connectivity index (χ2n) is 4.84. The molecule has 3 heteroatoms. The minimum Gasteiger partial charge on any atom is -0.378 e. The number of nitrogens with one attached hydrogen (secondary N) is 1. The van der Waals surface area contributed by atoms with E-state index in [-0.39, 0.29) is 0 Å². The smallest absolute Gasteiger partial charge is 0.0663 e. The Hall–Kier alpha value is -0.120. The van der Waals surface area contributed by atoms with Gasteiger partial charge in [0.05, 0.1) is 18.8 Å². The fourth-order valence-electron chi connectivity index (χ4n) is 2.87. The summed E-state index contributed by atoms with van der Waals surface area (Å²) in [6.07, 6.45) is 2.57. The molecule has 1 unspecified atom stereocenters. The van der Waals surface area contributed by atoms with Crippen molar-refractivity contribution in [1.82, 2.24) is 10.2 Å². The van der Waals surface area contributed by atoms with Gasteiger partial charge in [-0.05, 0) is 33.2 Å². The standard InChI is InChI=1S/C11H22N2O.C2H6/c1-10(2)13-6-7-14-9-11(13)4-3-5-12-8-11;1-2/h10,12H,3-9H2,1-2H3;1-2H3. The number of ether oxygens (including phenoxy) is 1. The average molecular weight is 228 g/mol. The topological polar surface area (TPSA) is 24.5 Å². The van der Waals surface area contributed by atoms with Gasteiger partial charge in [0.15, 0.2) is 0 Å². The van der Waals surface area contributed by atoms with Crippen molar-refractivity contribution < 1.29 is 4.74 Å². The fraction of sp³-hybridized carbons (Fsp3) is 1.00. The molecule has 1 atom stereocenters. The SMILES string of the molecule is CC.CC(C)N1CCOCC12CCCNC2. The van der Waals surface area contributed by atoms with Crippen LogP contribution in [0.25, 0.3) is 0 Å². The summed E-state index contributed by atoms with van der Waals surface area (Å²) in [7, 11) is 0. The van der Waals surface area contributed by atoms with Crippen molar-refractivity contribution in [1.29, 1.82) is 0 Å². The zero-order valence-electron chi connectivity index (χ0n) is 11.4. The monoisotopic (exact) mass is 228 g/mol. The van der Waals surface area contributed by atoms with Crippen LogP contribution < -0.4 is 5.32 Å². The maximum Gasteiger partial charge on any atom is 0.0663 e. The van der Waals surface area contributed by atoms with Crippen LogP contribution in [0, 0.1) is 0 Å². The lowest BCUT2D eigenvalue weighted by Crippen LogP contribution is -2.65. The second-order valence-corrected chi connectivity index (χ2v) is 4.84. The molecule has 0 aromatic heterocycles. The highest BCUT2D eigenvalue weighted by Crippen LogP contribution is 2.28. The van der Waals surface area contributed by atoms with Crippen LogP contribution in [0.4, 0.5) is 0 Å². The van der Waals surface area contributed by atoms with Gasteiger partial charge in [0.25, 0.3) is 0 Å². The van der Waals surface area contributed by atoms with Crippen LogP contribution in [0.3, 0.4) is 0 Å². The lowest BCUT2D eigenvalue weighted by Gasteiger charge is -2.51. The van der Waals surface area contributed by atoms with Gasteiger partial charge in [-0.1, -0.05) is 13.8 Å². The normalized spacial score (nSPS) is 31.3. The lowest BCUT2D eigenvalue weighted by atomic mass is 9.87. The van der Waals surface area contributed by atoms with E-state index in [2.05, 4.69) is 24.1 Å². The summed E-state index contributed by atoms with van der Waals surface area (Å²) >= 11 is 0. The molecule has 0 aromatic carbocycles. The Balaban J connectivity index is 0.000000606. The minimum atomic E-state index is 0.296. The Morgan fingerprint density at radius 1 is 1.31 bits per heavy atom. The molecule has 2 saturated heterocycles. The Bertz CT molecular complexity index is 180. The Labute approximate surface area is 101 Å². The van der Waals surface area contributed by atoms with E-state index in [4.69, 9.17) is 4.74 Å². The third kappa shape index (κ3) is 2.96. The van der Waals surface area contributed by atoms with Crippen LogP contribution >= 0.6 is 0 Å². The van der Waals surface area contributed by atoms with Crippen LogP contribution in [-0.4, -0.2) is 49.3 Å². The quantitative estimate of drug-likeness (QED) is 0.741. The van der Waals surface area contributed by atoms with E-state index in [1.54, 1.807) is 0 Å². The third-order valence-electron chi connectivity index (χ3n) is 3.53. The molecule has 0 bridgehead atoms. The van der Waals surface area contributed by atoms with E-state index in [1.165, 1.54) is 19.4 Å². The molecule has 0 saturated carbocycles. The third-order valence-corrected chi connectivity index (χ3v) is 3.53. The predicted molar refractivity (Wildman–Crippen MR) is 68.8 cm³/mol. The largest absolute Gasteiger partial charge is 0.378 e. The van der Waals surface area contributed by atoms with Gasteiger partial charge in [-0.3, -0.25) is 4.90 Å². The van der Waals surface area contributed by atoms with E-state index in [1.807, 2.05) is 13.8 Å². The van der Waals surface area contributed by atoms with Gasteiger partial charge in [0.1, 0.15) is 0 Å². The molecular weight excluding hydrogens is 200 g/mol. The van der Waals surface area contributed by atoms with Gasteiger partial charge in [-0.2, -0.15) is 0 Å². The highest BCUT2D eigenvalue weighted by Gasteiger charge is 2.41. The number of piperidine rings is 1. The van der Waals surface area contributed by atoms with Gasteiger partial charge in [0.2, 0.25) is 0 Å². The van der Waals surface area contributed by atoms with E-state index in [0.717, 1.165) is 26.3 Å². The molecule has 96 valence electrons. The number of rotatable bonds is 1. The van der Waals surface area contributed by atoms with Crippen molar-refractivity contribution in [3.63, 3.8) is 0 Å². The predicted octanol–water partition coefficient (Wildman–Crippen LogP) is 1.88. The molecule has 1 N–H and O–H groups in total. The average Bonchev–Trinajstić information content (AvgIpc) is 2.33. The van der Waals surface area contributed by atoms with Crippen LogP contribution in [0.5, 0.6) is 0 Å². The molecule has 2 rings (SSSR count). The first kappa shape index (κ1) is 13.9. The summed E-state index contributed by atoms with van der Waals surface area (Å²) in [5, 5.41) is 3.51. The van der Waals surface area contributed by atoms with E-state index < -0.39 is 0 Å². The van der Waals surface area contributed by atoms with Crippen LogP contribution in [0.2, 0.25) is 0 Å². The van der Waals surface area contributed by atoms with Gasteiger partial charge >= 0.3 is 0 Å². The van der Waals surface area contributed by atoms with Gasteiger partial charge < -0.3 is 10.1 Å². The molecule has 0 amide bonds. The Morgan fingerprint density at radius 2 is 2.06 bits per heavy atom. The van der Waals surface area contributed by atoms with Gasteiger partial charge in [-0.15, -0.1) is 0 Å². The number of hydrogen-bond acceptors (Lipinski definition) is 3. The minimum absolute atomic E-state index is 0.296. The maximum absolute atomic E-state index is 5.66. The molecule has 2 aliphatic rings. The number of nitrogens with zero attached hydrogens (tertiary/aromatic N) is 1. The fourth-order valence-corrected chi connectivity index (χ4v) is 2.87. The lowest BCUT2D eigenvalue weighted by molar-refractivity contribution is -0.0922. The van der Waals surface area contributed by atoms with Gasteiger partial charge in [-0.25, -0.2) is 0 Å². The molecule has 2 fully saturated rings. The van der Waals surface area contributed by atoms with Crippen molar-refractivity contribution in [2.75, 3.05) is 32.8 Å². The zero-order chi connectivity index (χ0) is 12.0. The van der Waals surface area contributed by atoms with Crippen molar-refractivity contribution in [3.05, 3.63) is 0 Å². The van der Waals surface area contributed by atoms with Crippen molar-refractivity contribution in [2.24, 2.45) is 0 Å². The number of hydrogen-bond donors (Lipinski definition) is 1. The first-order chi connectivity index (χ1) is 7.75. The summed E-state index contributed by atoms with van der Waals surface area (Å²) in [5.74, 6) is 0. The van der Waals surface area contributed by atoms with Crippen molar-refractivity contribution in [2.45, 2.75) is 52.1 Å². The second kappa shape index (κ2) is 6.58. The van der Waals surface area contributed by atoms with Crippen LogP contribution in [-0.2, 0) is 4.74 Å². The molecule has 16 heavy (non-hydrogen) atoms. The van der Waals surface area contributed by atoms with Gasteiger partial charge in [0, 0.05) is 19.1 Å². The highest BCUT2D eigenvalue weighted by atomic mass is 16.5. The molecule has 1 spiro atoms. The first-order valence-corrected chi connectivity index (χ1v) is 6.80. The van der Waals surface area contributed by atoms with Crippen LogP contribution in [0.15, 0.2) is 0 Å². The first-order valence-electron chi connectivity index (χ1n) is 6.80. The zero-order valence-corrected chi connectivity index (χ0v) is 11.4. The molecule has 0 aromatic rings. The van der Waals surface area contributed by atoms with E-state index in [0.29, 0.717) is 11.6 Å². The number of morpholine rings is 1. The molecule has 2 aliphatic heterocycles. The molecular formula is C13H28N2O. The molecule has 0 aliphatic carbocycles. The van der Waals surface area contributed by atoms with Crippen LogP contribution in [0.1, 0.15) is 40.5 Å². The maximum atomic E-state index is 5.66. The highest BCUT2D eigenvalue weighted by molar-refractivity contribution is 4.98. The van der Waals surface area contributed by atoms with E-state index in [9.17, 15) is 0 Å². The summed E-state index contributed by atoms with van der Waals surface area (Å²) in [4.78, 5) is 2.63. The molecule has 2 heterocycles. The summed E-state index contributed by atoms with van der Waals surface area (Å²) < 4.78 is 5.66. The molecule has 0 radical (unpaired) electrons. The molecule has 3 nitrogen and oxygen atoms in total. The summed E-state index contributed by atoms with van der Waals surface area (Å²) in [6.45, 7) is 13.8. The summed E-state index contributed by atoms with van der Waals surface area (Å²) in [6, 6.07) is 0.638. The van der Waals surface area contributed by atoms with E-state index >= 15 is 0 Å². The summed E-state index contributed by atoms with van der Waals surface area (Å²) in [5.41, 5.74) is 0.296. The Morgan fingerprint density at radius 3 is 2.62 bits per heavy atom. The van der Waals surface area contributed by atoms with Crippen molar-refractivity contribution >= 4 is 0 Å². The van der Waals surface area contributed by atoms with Crippen molar-refractivity contribution in [3.8, 4) is 0 Å².